The molecule has 1 heterocycles. The molecule has 1 aliphatic carbocycles. The normalized spacial score (nSPS) is 22.4. The molecular formula is C12H10Cl2N2O2. The summed E-state index contributed by atoms with van der Waals surface area (Å²) < 4.78 is 0. The van der Waals surface area contributed by atoms with Crippen molar-refractivity contribution in [2.45, 2.75) is 11.4 Å². The predicted octanol–water partition coefficient (Wildman–Crippen LogP) is 3.21. The Morgan fingerprint density at radius 1 is 1.56 bits per heavy atom. The van der Waals surface area contributed by atoms with E-state index in [4.69, 9.17) is 28.3 Å². The summed E-state index contributed by atoms with van der Waals surface area (Å²) in [4.78, 5) is 14.1. The summed E-state index contributed by atoms with van der Waals surface area (Å²) in [6.45, 7) is 0. The molecule has 2 N–H and O–H groups in total. The molecule has 2 rings (SSSR count). The number of rotatable bonds is 3. The SMILES string of the molecule is O=C(O)c1cccnc1NC1(Cl)C=CC=C(Cl)C1. The third kappa shape index (κ3) is 2.83. The highest BCUT2D eigenvalue weighted by Gasteiger charge is 2.28. The van der Waals surface area contributed by atoms with Crippen LogP contribution in [-0.2, 0) is 0 Å². The average Bonchev–Trinajstić information content (AvgIpc) is 2.28. The van der Waals surface area contributed by atoms with Gasteiger partial charge in [-0.2, -0.15) is 0 Å². The molecule has 1 aliphatic rings. The van der Waals surface area contributed by atoms with Crippen molar-refractivity contribution in [2.24, 2.45) is 0 Å². The van der Waals surface area contributed by atoms with E-state index in [0.717, 1.165) is 0 Å². The molecule has 6 heteroatoms. The number of carbonyl (C=O) groups is 1. The summed E-state index contributed by atoms with van der Waals surface area (Å²) >= 11 is 12.2. The first-order chi connectivity index (χ1) is 8.50. The van der Waals surface area contributed by atoms with Crippen molar-refractivity contribution >= 4 is 35.0 Å². The van der Waals surface area contributed by atoms with Crippen LogP contribution < -0.4 is 5.32 Å². The first-order valence-electron chi connectivity index (χ1n) is 5.19. The number of allylic oxidation sites excluding steroid dienone is 2. The first-order valence-corrected chi connectivity index (χ1v) is 5.95. The number of pyridine rings is 1. The molecule has 0 saturated carbocycles. The van der Waals surface area contributed by atoms with E-state index in [1.807, 2.05) is 0 Å². The molecule has 0 aromatic carbocycles. The number of aromatic carboxylic acids is 1. The lowest BCUT2D eigenvalue weighted by atomic mass is 10.1. The zero-order valence-electron chi connectivity index (χ0n) is 9.23. The Bertz CT molecular complexity index is 543. The lowest BCUT2D eigenvalue weighted by molar-refractivity contribution is 0.0697. The molecule has 1 unspecified atom stereocenters. The van der Waals surface area contributed by atoms with Crippen LogP contribution in [0.4, 0.5) is 5.82 Å². The van der Waals surface area contributed by atoms with Crippen molar-refractivity contribution in [3.05, 3.63) is 47.2 Å². The van der Waals surface area contributed by atoms with Crippen molar-refractivity contribution < 1.29 is 9.90 Å². The molecule has 0 amide bonds. The van der Waals surface area contributed by atoms with Crippen molar-refractivity contribution in [1.82, 2.24) is 4.98 Å². The van der Waals surface area contributed by atoms with Crippen molar-refractivity contribution in [3.63, 3.8) is 0 Å². The van der Waals surface area contributed by atoms with Gasteiger partial charge in [-0.1, -0.05) is 29.3 Å². The predicted molar refractivity (Wildman–Crippen MR) is 71.1 cm³/mol. The zero-order valence-corrected chi connectivity index (χ0v) is 10.7. The molecular weight excluding hydrogens is 275 g/mol. The van der Waals surface area contributed by atoms with Gasteiger partial charge in [-0.05, 0) is 24.3 Å². The maximum Gasteiger partial charge on any atom is 0.339 e. The van der Waals surface area contributed by atoms with Gasteiger partial charge in [0.2, 0.25) is 0 Å². The van der Waals surface area contributed by atoms with Crippen LogP contribution in [0.15, 0.2) is 41.6 Å². The van der Waals surface area contributed by atoms with E-state index in [2.05, 4.69) is 10.3 Å². The number of carboxylic acid groups (broad SMARTS) is 1. The maximum absolute atomic E-state index is 11.1. The molecule has 0 aliphatic heterocycles. The molecule has 1 aromatic rings. The number of alkyl halides is 1. The third-order valence-corrected chi connectivity index (χ3v) is 3.04. The second-order valence-corrected chi connectivity index (χ2v) is 5.00. The lowest BCUT2D eigenvalue weighted by Gasteiger charge is -2.27. The van der Waals surface area contributed by atoms with Crippen molar-refractivity contribution in [2.75, 3.05) is 5.32 Å². The number of anilines is 1. The fourth-order valence-electron chi connectivity index (χ4n) is 1.63. The zero-order chi connectivity index (χ0) is 13.2. The molecule has 0 saturated heterocycles. The second-order valence-electron chi connectivity index (χ2n) is 3.84. The Kier molecular flexibility index (Phi) is 3.59. The number of hydrogen-bond acceptors (Lipinski definition) is 3. The molecule has 94 valence electrons. The van der Waals surface area contributed by atoms with Gasteiger partial charge in [-0.25, -0.2) is 9.78 Å². The minimum atomic E-state index is -1.06. The minimum absolute atomic E-state index is 0.0663. The smallest absolute Gasteiger partial charge is 0.339 e. The van der Waals surface area contributed by atoms with Gasteiger partial charge in [-0.3, -0.25) is 0 Å². The van der Waals surface area contributed by atoms with Crippen LogP contribution in [0.5, 0.6) is 0 Å². The van der Waals surface area contributed by atoms with E-state index in [1.54, 1.807) is 24.3 Å². The number of halogens is 2. The molecule has 4 nitrogen and oxygen atoms in total. The van der Waals surface area contributed by atoms with Crippen LogP contribution in [-0.4, -0.2) is 21.1 Å². The molecule has 0 spiro atoms. The van der Waals surface area contributed by atoms with Gasteiger partial charge in [0.1, 0.15) is 16.4 Å². The van der Waals surface area contributed by atoms with Crippen LogP contribution in [0, 0.1) is 0 Å². The topological polar surface area (TPSA) is 62.2 Å². The van der Waals surface area contributed by atoms with E-state index in [1.165, 1.54) is 12.3 Å². The van der Waals surface area contributed by atoms with Gasteiger partial charge in [0, 0.05) is 17.6 Å². The number of nitrogens with one attached hydrogen (secondary N) is 1. The fraction of sp³-hybridized carbons (Fsp3) is 0.167. The highest BCUT2D eigenvalue weighted by atomic mass is 35.5. The Morgan fingerprint density at radius 3 is 3.00 bits per heavy atom. The van der Waals surface area contributed by atoms with E-state index in [0.29, 0.717) is 11.5 Å². The van der Waals surface area contributed by atoms with Crippen LogP contribution in [0.3, 0.4) is 0 Å². The van der Waals surface area contributed by atoms with Gasteiger partial charge in [-0.15, -0.1) is 0 Å². The lowest BCUT2D eigenvalue weighted by Crippen LogP contribution is -2.32. The highest BCUT2D eigenvalue weighted by molar-refractivity contribution is 6.32. The van der Waals surface area contributed by atoms with E-state index in [-0.39, 0.29) is 11.4 Å². The van der Waals surface area contributed by atoms with E-state index in [9.17, 15) is 4.79 Å². The Labute approximate surface area is 114 Å². The second kappa shape index (κ2) is 5.00. The third-order valence-electron chi connectivity index (χ3n) is 2.43. The standard InChI is InChI=1S/C12H10Cl2N2O2/c13-8-3-1-5-12(14,7-8)16-10-9(11(17)18)4-2-6-15-10/h1-6H,7H2,(H,15,16)(H,17,18). The fourth-order valence-corrected chi connectivity index (χ4v) is 2.29. The molecule has 0 fully saturated rings. The monoisotopic (exact) mass is 284 g/mol. The Morgan fingerprint density at radius 2 is 2.33 bits per heavy atom. The molecule has 0 bridgehead atoms. The average molecular weight is 285 g/mol. The van der Waals surface area contributed by atoms with Crippen molar-refractivity contribution in [3.8, 4) is 0 Å². The summed E-state index contributed by atoms with van der Waals surface area (Å²) in [7, 11) is 0. The van der Waals surface area contributed by atoms with Crippen LogP contribution in [0.25, 0.3) is 0 Å². The van der Waals surface area contributed by atoms with Crippen LogP contribution >= 0.6 is 23.2 Å². The Balaban J connectivity index is 2.27. The number of hydrogen-bond donors (Lipinski definition) is 2. The number of carboxylic acids is 1. The molecule has 1 aromatic heterocycles. The first kappa shape index (κ1) is 12.9. The maximum atomic E-state index is 11.1. The number of aromatic nitrogens is 1. The summed E-state index contributed by atoms with van der Waals surface area (Å²) in [6, 6.07) is 3.01. The largest absolute Gasteiger partial charge is 0.478 e. The Hall–Kier alpha value is -1.52. The van der Waals surface area contributed by atoms with E-state index >= 15 is 0 Å². The van der Waals surface area contributed by atoms with Gasteiger partial charge in [0.15, 0.2) is 0 Å². The van der Waals surface area contributed by atoms with Gasteiger partial charge < -0.3 is 10.4 Å². The number of nitrogens with zero attached hydrogens (tertiary/aromatic N) is 1. The molecule has 0 radical (unpaired) electrons. The van der Waals surface area contributed by atoms with E-state index < -0.39 is 11.0 Å². The van der Waals surface area contributed by atoms with Crippen molar-refractivity contribution in [1.29, 1.82) is 0 Å². The highest BCUT2D eigenvalue weighted by Crippen LogP contribution is 2.32. The minimum Gasteiger partial charge on any atom is -0.478 e. The molecule has 1 atom stereocenters. The van der Waals surface area contributed by atoms with Gasteiger partial charge in [0.05, 0.1) is 0 Å². The summed E-state index contributed by atoms with van der Waals surface area (Å²) in [5.41, 5.74) is 0.0663. The van der Waals surface area contributed by atoms with Gasteiger partial charge >= 0.3 is 5.97 Å². The van der Waals surface area contributed by atoms with Gasteiger partial charge in [0.25, 0.3) is 0 Å². The molecule has 18 heavy (non-hydrogen) atoms. The summed E-state index contributed by atoms with van der Waals surface area (Å²) in [6.07, 6.45) is 7.03. The quantitative estimate of drug-likeness (QED) is 0.661. The summed E-state index contributed by atoms with van der Waals surface area (Å²) in [5.74, 6) is -0.844. The van der Waals surface area contributed by atoms with Crippen LogP contribution in [0.1, 0.15) is 16.8 Å². The van der Waals surface area contributed by atoms with Crippen LogP contribution in [0.2, 0.25) is 0 Å². The summed E-state index contributed by atoms with van der Waals surface area (Å²) in [5, 5.41) is 12.5.